The quantitative estimate of drug-likeness (QED) is 0.576. The summed E-state index contributed by atoms with van der Waals surface area (Å²) in [7, 11) is 0. The van der Waals surface area contributed by atoms with Crippen molar-refractivity contribution in [2.45, 2.75) is 6.54 Å². The molecule has 2 heterocycles. The molecule has 1 amide bonds. The van der Waals surface area contributed by atoms with E-state index < -0.39 is 0 Å². The van der Waals surface area contributed by atoms with Gasteiger partial charge in [-0.25, -0.2) is 0 Å². The van der Waals surface area contributed by atoms with E-state index in [0.29, 0.717) is 15.9 Å². The molecule has 0 N–H and O–H groups in total. The van der Waals surface area contributed by atoms with E-state index >= 15 is 0 Å². The monoisotopic (exact) mass is 359 g/mol. The predicted molar refractivity (Wildman–Crippen MR) is 94.1 cm³/mol. The summed E-state index contributed by atoms with van der Waals surface area (Å²) in [5.74, 6) is 2.14. The fraction of sp³-hybridized carbons (Fsp3) is 0.231. The normalized spacial score (nSPS) is 19.4. The van der Waals surface area contributed by atoms with Gasteiger partial charge in [-0.2, -0.15) is 0 Å². The highest BCUT2D eigenvalue weighted by atomic mass is 35.5. The molecule has 20 heavy (non-hydrogen) atoms. The zero-order valence-corrected chi connectivity index (χ0v) is 14.3. The van der Waals surface area contributed by atoms with E-state index in [1.54, 1.807) is 28.4 Å². The van der Waals surface area contributed by atoms with E-state index in [-0.39, 0.29) is 5.91 Å². The maximum absolute atomic E-state index is 12.5. The van der Waals surface area contributed by atoms with Crippen LogP contribution in [-0.2, 0) is 11.3 Å². The van der Waals surface area contributed by atoms with E-state index in [1.165, 1.54) is 11.8 Å². The maximum atomic E-state index is 12.5. The highest BCUT2D eigenvalue weighted by molar-refractivity contribution is 8.30. The van der Waals surface area contributed by atoms with Crippen LogP contribution in [0.4, 0.5) is 0 Å². The van der Waals surface area contributed by atoms with Crippen LogP contribution in [0.3, 0.4) is 0 Å². The number of amides is 1. The molecule has 2 saturated heterocycles. The lowest BCUT2D eigenvalue weighted by atomic mass is 10.2. The van der Waals surface area contributed by atoms with Gasteiger partial charge in [-0.3, -0.25) is 9.69 Å². The number of hydrogen-bond acceptors (Lipinski definition) is 5. The first kappa shape index (κ1) is 14.8. The predicted octanol–water partition coefficient (Wildman–Crippen LogP) is 4.35. The number of nitrogens with zero attached hydrogens (tertiary/aromatic N) is 1. The first-order chi connectivity index (χ1) is 9.66. The first-order valence-corrected chi connectivity index (χ1v) is 9.51. The molecule has 0 bridgehead atoms. The van der Waals surface area contributed by atoms with Crippen molar-refractivity contribution in [3.63, 3.8) is 0 Å². The Bertz CT molecular complexity index is 608. The topological polar surface area (TPSA) is 20.3 Å². The highest BCUT2D eigenvalue weighted by Gasteiger charge is 2.35. The smallest absolute Gasteiger partial charge is 0.268 e. The summed E-state index contributed by atoms with van der Waals surface area (Å²) in [6.45, 7) is 0.441. The van der Waals surface area contributed by atoms with E-state index in [2.05, 4.69) is 0 Å². The molecule has 7 heteroatoms. The van der Waals surface area contributed by atoms with Crippen molar-refractivity contribution in [2.24, 2.45) is 0 Å². The van der Waals surface area contributed by atoms with Gasteiger partial charge in [0.1, 0.15) is 4.32 Å². The Balaban J connectivity index is 1.84. The highest BCUT2D eigenvalue weighted by Crippen LogP contribution is 2.46. The van der Waals surface area contributed by atoms with Crippen molar-refractivity contribution < 1.29 is 4.79 Å². The Hall–Kier alpha value is -0.140. The van der Waals surface area contributed by atoms with Gasteiger partial charge < -0.3 is 0 Å². The van der Waals surface area contributed by atoms with Gasteiger partial charge in [-0.05, 0) is 11.6 Å². The van der Waals surface area contributed by atoms with Crippen molar-refractivity contribution in [1.29, 1.82) is 0 Å². The van der Waals surface area contributed by atoms with E-state index in [0.717, 1.165) is 26.2 Å². The molecular formula is C13H10ClNOS4. The third-order valence-corrected chi connectivity index (χ3v) is 7.66. The minimum Gasteiger partial charge on any atom is -0.288 e. The summed E-state index contributed by atoms with van der Waals surface area (Å²) in [4.78, 5) is 14.9. The van der Waals surface area contributed by atoms with Crippen LogP contribution < -0.4 is 0 Å². The molecule has 0 aromatic heterocycles. The second kappa shape index (κ2) is 6.32. The number of carbonyl (C=O) groups excluding carboxylic acids is 1. The van der Waals surface area contributed by atoms with Crippen molar-refractivity contribution in [3.8, 4) is 0 Å². The minimum atomic E-state index is 0.0109. The van der Waals surface area contributed by atoms with Crippen LogP contribution in [-0.4, -0.2) is 26.6 Å². The molecule has 0 saturated carbocycles. The Labute approximate surface area is 140 Å². The van der Waals surface area contributed by atoms with Crippen molar-refractivity contribution in [1.82, 2.24) is 4.90 Å². The molecule has 1 aromatic rings. The third kappa shape index (κ3) is 2.90. The van der Waals surface area contributed by atoms with Gasteiger partial charge in [0.2, 0.25) is 0 Å². The van der Waals surface area contributed by atoms with Crippen LogP contribution in [0.1, 0.15) is 5.56 Å². The van der Waals surface area contributed by atoms with Gasteiger partial charge in [-0.15, -0.1) is 23.5 Å². The number of thioether (sulfide) groups is 3. The maximum Gasteiger partial charge on any atom is 0.268 e. The lowest BCUT2D eigenvalue weighted by molar-refractivity contribution is -0.122. The molecule has 0 spiro atoms. The standard InChI is InChI=1S/C13H10ClNOS4/c14-9-4-2-1-3-8(9)7-15-11(16)10(20-13(15)17)12-18-5-6-19-12/h1-4H,5-7H2. The molecule has 2 nitrogen and oxygen atoms in total. The SMILES string of the molecule is O=C1C(=C2SCCS2)SC(=S)N1Cc1ccccc1Cl. The van der Waals surface area contributed by atoms with Crippen molar-refractivity contribution in [2.75, 3.05) is 11.5 Å². The summed E-state index contributed by atoms with van der Waals surface area (Å²) in [5.41, 5.74) is 0.920. The second-order valence-electron chi connectivity index (χ2n) is 4.16. The molecule has 0 radical (unpaired) electrons. The molecule has 3 rings (SSSR count). The number of hydrogen-bond donors (Lipinski definition) is 0. The number of benzene rings is 1. The molecule has 0 atom stereocenters. The molecule has 2 fully saturated rings. The molecule has 0 aliphatic carbocycles. The molecule has 1 aromatic carbocycles. The summed E-state index contributed by atoms with van der Waals surface area (Å²) in [6, 6.07) is 7.55. The summed E-state index contributed by atoms with van der Waals surface area (Å²) >= 11 is 16.4. The fourth-order valence-corrected chi connectivity index (χ4v) is 6.11. The Kier molecular flexibility index (Phi) is 4.67. The van der Waals surface area contributed by atoms with Crippen LogP contribution >= 0.6 is 59.1 Å². The van der Waals surface area contributed by atoms with Crippen LogP contribution in [0.5, 0.6) is 0 Å². The Morgan fingerprint density at radius 2 is 1.95 bits per heavy atom. The molecular weight excluding hydrogens is 350 g/mol. The van der Waals surface area contributed by atoms with Crippen LogP contribution in [0.15, 0.2) is 33.4 Å². The Morgan fingerprint density at radius 3 is 2.65 bits per heavy atom. The zero-order valence-electron chi connectivity index (χ0n) is 10.3. The van der Waals surface area contributed by atoms with Gasteiger partial charge in [0.25, 0.3) is 5.91 Å². The number of halogens is 1. The average Bonchev–Trinajstić information content (AvgIpc) is 3.04. The first-order valence-electron chi connectivity index (χ1n) is 5.94. The lowest BCUT2D eigenvalue weighted by Gasteiger charge is -2.15. The average molecular weight is 360 g/mol. The van der Waals surface area contributed by atoms with Gasteiger partial charge in [0.15, 0.2) is 0 Å². The van der Waals surface area contributed by atoms with Crippen LogP contribution in [0.2, 0.25) is 5.02 Å². The summed E-state index contributed by atoms with van der Waals surface area (Å²) in [5, 5.41) is 0.666. The van der Waals surface area contributed by atoms with Crippen LogP contribution in [0.25, 0.3) is 0 Å². The fourth-order valence-electron chi connectivity index (χ4n) is 1.90. The van der Waals surface area contributed by atoms with E-state index in [1.807, 2.05) is 24.3 Å². The van der Waals surface area contributed by atoms with Gasteiger partial charge in [0, 0.05) is 16.5 Å². The van der Waals surface area contributed by atoms with Crippen LogP contribution in [0, 0.1) is 0 Å². The summed E-state index contributed by atoms with van der Waals surface area (Å²) in [6.07, 6.45) is 0. The number of carbonyl (C=O) groups is 1. The van der Waals surface area contributed by atoms with E-state index in [4.69, 9.17) is 23.8 Å². The Morgan fingerprint density at radius 1 is 1.25 bits per heavy atom. The minimum absolute atomic E-state index is 0.0109. The summed E-state index contributed by atoms with van der Waals surface area (Å²) < 4.78 is 1.73. The lowest BCUT2D eigenvalue weighted by Crippen LogP contribution is -2.27. The molecule has 104 valence electrons. The van der Waals surface area contributed by atoms with Gasteiger partial charge in [0.05, 0.1) is 15.7 Å². The van der Waals surface area contributed by atoms with Gasteiger partial charge >= 0.3 is 0 Å². The number of thiocarbonyl (C=S) groups is 1. The molecule has 2 aliphatic rings. The van der Waals surface area contributed by atoms with Gasteiger partial charge in [-0.1, -0.05) is 53.8 Å². The number of rotatable bonds is 2. The van der Waals surface area contributed by atoms with Crippen molar-refractivity contribution >= 4 is 69.3 Å². The third-order valence-electron chi connectivity index (χ3n) is 2.87. The molecule has 0 unspecified atom stereocenters. The largest absolute Gasteiger partial charge is 0.288 e. The zero-order chi connectivity index (χ0) is 14.1. The van der Waals surface area contributed by atoms with E-state index in [9.17, 15) is 4.79 Å². The second-order valence-corrected chi connectivity index (χ2v) is 8.68. The molecule has 2 aliphatic heterocycles. The van der Waals surface area contributed by atoms with Crippen molar-refractivity contribution in [3.05, 3.63) is 44.0 Å².